The van der Waals surface area contributed by atoms with Crippen molar-refractivity contribution in [1.29, 1.82) is 0 Å². The van der Waals surface area contributed by atoms with E-state index in [1.807, 2.05) is 17.8 Å². The molecular formula is C12H12OS2. The fourth-order valence-electron chi connectivity index (χ4n) is 2.20. The molecule has 1 nitrogen and oxygen atoms in total. The highest BCUT2D eigenvalue weighted by Crippen LogP contribution is 2.45. The zero-order chi connectivity index (χ0) is 10.3. The quantitative estimate of drug-likeness (QED) is 0.746. The van der Waals surface area contributed by atoms with E-state index >= 15 is 0 Å². The number of thioether (sulfide) groups is 1. The second kappa shape index (κ2) is 3.81. The minimum atomic E-state index is -0.326. The summed E-state index contributed by atoms with van der Waals surface area (Å²) >= 11 is 3.62. The largest absolute Gasteiger partial charge is 0.388 e. The van der Waals surface area contributed by atoms with Gasteiger partial charge in [-0.05, 0) is 17.4 Å². The van der Waals surface area contributed by atoms with Crippen LogP contribution in [0.2, 0.25) is 0 Å². The lowest BCUT2D eigenvalue weighted by atomic mass is 9.83. The van der Waals surface area contributed by atoms with Crippen LogP contribution < -0.4 is 0 Å². The molecule has 3 unspecified atom stereocenters. The summed E-state index contributed by atoms with van der Waals surface area (Å²) in [5.74, 6) is 1.82. The summed E-state index contributed by atoms with van der Waals surface area (Å²) in [6.45, 7) is 0. The van der Waals surface area contributed by atoms with E-state index in [9.17, 15) is 5.11 Å². The summed E-state index contributed by atoms with van der Waals surface area (Å²) < 4.78 is 1.29. The SMILES string of the molecule is OC1c2ccsc2SCC2C=CC=CC21. The fourth-order valence-corrected chi connectivity index (χ4v) is 4.54. The Kier molecular flexibility index (Phi) is 2.47. The van der Waals surface area contributed by atoms with Gasteiger partial charge >= 0.3 is 0 Å². The van der Waals surface area contributed by atoms with Crippen LogP contribution in [-0.4, -0.2) is 10.9 Å². The molecule has 3 rings (SSSR count). The van der Waals surface area contributed by atoms with Gasteiger partial charge < -0.3 is 5.11 Å². The Labute approximate surface area is 97.5 Å². The zero-order valence-electron chi connectivity index (χ0n) is 8.17. The van der Waals surface area contributed by atoms with Crippen molar-refractivity contribution in [3.63, 3.8) is 0 Å². The van der Waals surface area contributed by atoms with Gasteiger partial charge in [-0.1, -0.05) is 24.3 Å². The van der Waals surface area contributed by atoms with Crippen LogP contribution in [-0.2, 0) is 0 Å². The normalized spacial score (nSPS) is 33.3. The molecular weight excluding hydrogens is 224 g/mol. The third-order valence-corrected chi connectivity index (χ3v) is 5.46. The van der Waals surface area contributed by atoms with Crippen LogP contribution in [0.3, 0.4) is 0 Å². The Morgan fingerprint density at radius 3 is 3.07 bits per heavy atom. The fraction of sp³-hybridized carbons (Fsp3) is 0.333. The predicted octanol–water partition coefficient (Wildman–Crippen LogP) is 3.25. The van der Waals surface area contributed by atoms with Gasteiger partial charge in [-0.2, -0.15) is 0 Å². The summed E-state index contributed by atoms with van der Waals surface area (Å²) in [5, 5.41) is 12.4. The van der Waals surface area contributed by atoms with E-state index in [0.29, 0.717) is 5.92 Å². The van der Waals surface area contributed by atoms with E-state index in [-0.39, 0.29) is 12.0 Å². The number of rotatable bonds is 0. The molecule has 0 saturated heterocycles. The van der Waals surface area contributed by atoms with Gasteiger partial charge in [-0.25, -0.2) is 0 Å². The smallest absolute Gasteiger partial charge is 0.0877 e. The Hall–Kier alpha value is -0.510. The average Bonchev–Trinajstić information content (AvgIpc) is 2.69. The van der Waals surface area contributed by atoms with Gasteiger partial charge in [-0.15, -0.1) is 23.1 Å². The van der Waals surface area contributed by atoms with Crippen molar-refractivity contribution >= 4 is 23.1 Å². The maximum Gasteiger partial charge on any atom is 0.0877 e. The first-order valence-corrected chi connectivity index (χ1v) is 6.96. The molecule has 3 atom stereocenters. The lowest BCUT2D eigenvalue weighted by Crippen LogP contribution is -2.20. The lowest BCUT2D eigenvalue weighted by molar-refractivity contribution is 0.114. The maximum atomic E-state index is 10.3. The molecule has 1 N–H and O–H groups in total. The van der Waals surface area contributed by atoms with Gasteiger partial charge in [0.2, 0.25) is 0 Å². The molecule has 2 aliphatic rings. The van der Waals surface area contributed by atoms with Crippen molar-refractivity contribution in [3.8, 4) is 0 Å². The third kappa shape index (κ3) is 1.59. The molecule has 78 valence electrons. The number of hydrogen-bond donors (Lipinski definition) is 1. The molecule has 0 spiro atoms. The summed E-state index contributed by atoms with van der Waals surface area (Å²) in [4.78, 5) is 0. The van der Waals surface area contributed by atoms with Crippen molar-refractivity contribution in [3.05, 3.63) is 41.3 Å². The topological polar surface area (TPSA) is 20.2 Å². The Morgan fingerprint density at radius 1 is 1.27 bits per heavy atom. The second-order valence-corrected chi connectivity index (χ2v) is 6.14. The van der Waals surface area contributed by atoms with Crippen molar-refractivity contribution in [2.75, 3.05) is 5.75 Å². The Bertz CT molecular complexity index is 419. The van der Waals surface area contributed by atoms with Crippen LogP contribution in [0.15, 0.2) is 40.0 Å². The molecule has 0 fully saturated rings. The standard InChI is InChI=1S/C12H12OS2/c13-11-9-4-2-1-3-8(9)7-15-12-10(11)5-6-14-12/h1-6,8-9,11,13H,7H2. The summed E-state index contributed by atoms with van der Waals surface area (Å²) in [7, 11) is 0. The van der Waals surface area contributed by atoms with Crippen molar-refractivity contribution < 1.29 is 5.11 Å². The summed E-state index contributed by atoms with van der Waals surface area (Å²) in [6, 6.07) is 2.06. The molecule has 0 aromatic carbocycles. The maximum absolute atomic E-state index is 10.3. The molecule has 0 bridgehead atoms. The third-order valence-electron chi connectivity index (χ3n) is 3.05. The number of allylic oxidation sites excluding steroid dienone is 3. The minimum absolute atomic E-state index is 0.262. The summed E-state index contributed by atoms with van der Waals surface area (Å²) in [6.07, 6.45) is 8.17. The van der Waals surface area contributed by atoms with Gasteiger partial charge in [0.25, 0.3) is 0 Å². The minimum Gasteiger partial charge on any atom is -0.388 e. The van der Waals surface area contributed by atoms with Crippen LogP contribution in [0, 0.1) is 11.8 Å². The van der Waals surface area contributed by atoms with Crippen molar-refractivity contribution in [2.45, 2.75) is 10.3 Å². The predicted molar refractivity (Wildman–Crippen MR) is 65.3 cm³/mol. The monoisotopic (exact) mass is 236 g/mol. The highest BCUT2D eigenvalue weighted by molar-refractivity contribution is 8.01. The van der Waals surface area contributed by atoms with E-state index in [1.54, 1.807) is 11.3 Å². The summed E-state index contributed by atoms with van der Waals surface area (Å²) in [5.41, 5.74) is 1.12. The number of aliphatic hydroxyl groups is 1. The molecule has 1 aromatic rings. The van der Waals surface area contributed by atoms with Gasteiger partial charge in [0.1, 0.15) is 0 Å². The first-order valence-electron chi connectivity index (χ1n) is 5.09. The second-order valence-electron chi connectivity index (χ2n) is 3.93. The zero-order valence-corrected chi connectivity index (χ0v) is 9.80. The van der Waals surface area contributed by atoms with E-state index < -0.39 is 0 Å². The average molecular weight is 236 g/mol. The molecule has 2 heterocycles. The molecule has 0 saturated carbocycles. The molecule has 1 aliphatic heterocycles. The number of thiophene rings is 1. The Morgan fingerprint density at radius 2 is 2.13 bits per heavy atom. The van der Waals surface area contributed by atoms with Crippen LogP contribution in [0.1, 0.15) is 11.7 Å². The van der Waals surface area contributed by atoms with Crippen LogP contribution in [0.5, 0.6) is 0 Å². The number of hydrogen-bond acceptors (Lipinski definition) is 3. The van der Waals surface area contributed by atoms with E-state index in [4.69, 9.17) is 0 Å². The lowest BCUT2D eigenvalue weighted by Gasteiger charge is -2.25. The van der Waals surface area contributed by atoms with Crippen LogP contribution in [0.25, 0.3) is 0 Å². The van der Waals surface area contributed by atoms with E-state index in [2.05, 4.69) is 29.7 Å². The van der Waals surface area contributed by atoms with Gasteiger partial charge in [0, 0.05) is 17.2 Å². The number of fused-ring (bicyclic) bond motifs is 2. The van der Waals surface area contributed by atoms with Crippen LogP contribution >= 0.6 is 23.1 Å². The van der Waals surface area contributed by atoms with Crippen LogP contribution in [0.4, 0.5) is 0 Å². The molecule has 0 amide bonds. The Balaban J connectivity index is 2.01. The molecule has 1 aromatic heterocycles. The van der Waals surface area contributed by atoms with E-state index in [0.717, 1.165) is 11.3 Å². The van der Waals surface area contributed by atoms with Gasteiger partial charge in [-0.3, -0.25) is 0 Å². The number of aliphatic hydroxyl groups excluding tert-OH is 1. The molecule has 1 aliphatic carbocycles. The van der Waals surface area contributed by atoms with E-state index in [1.165, 1.54) is 4.21 Å². The molecule has 0 radical (unpaired) electrons. The highest BCUT2D eigenvalue weighted by atomic mass is 32.2. The first-order chi connectivity index (χ1) is 7.36. The van der Waals surface area contributed by atoms with Crippen molar-refractivity contribution in [1.82, 2.24) is 0 Å². The highest BCUT2D eigenvalue weighted by Gasteiger charge is 2.32. The van der Waals surface area contributed by atoms with Gasteiger partial charge in [0.05, 0.1) is 10.3 Å². The molecule has 3 heteroatoms. The first kappa shape index (κ1) is 9.70. The van der Waals surface area contributed by atoms with Gasteiger partial charge in [0.15, 0.2) is 0 Å². The van der Waals surface area contributed by atoms with Crippen molar-refractivity contribution in [2.24, 2.45) is 11.8 Å². The molecule has 15 heavy (non-hydrogen) atoms.